The van der Waals surface area contributed by atoms with Crippen molar-refractivity contribution in [3.63, 3.8) is 0 Å². The molecule has 1 fully saturated rings. The van der Waals surface area contributed by atoms with Crippen LogP contribution in [0.15, 0.2) is 5.38 Å². The molecule has 2 amide bonds. The minimum atomic E-state index is 0.0316. The van der Waals surface area contributed by atoms with Crippen LogP contribution in [0, 0.1) is 6.92 Å². The Kier molecular flexibility index (Phi) is 2.67. The molecule has 1 saturated heterocycles. The van der Waals surface area contributed by atoms with Gasteiger partial charge in [-0.05, 0) is 13.3 Å². The van der Waals surface area contributed by atoms with Crippen LogP contribution >= 0.6 is 11.3 Å². The fourth-order valence-corrected chi connectivity index (χ4v) is 2.25. The highest BCUT2D eigenvalue weighted by molar-refractivity contribution is 7.09. The van der Waals surface area contributed by atoms with Gasteiger partial charge >= 0.3 is 6.03 Å². The third-order valence-electron chi connectivity index (χ3n) is 2.16. The van der Waals surface area contributed by atoms with Crippen molar-refractivity contribution in [2.75, 3.05) is 13.1 Å². The minimum absolute atomic E-state index is 0.0316. The standard InChI is InChI=1S/C9H13N3OS/c1-7-6-14-8(11-7)5-12-4-2-3-10-9(12)13/h6H,2-5H2,1H3,(H,10,13). The van der Waals surface area contributed by atoms with Gasteiger partial charge < -0.3 is 10.2 Å². The number of nitrogens with one attached hydrogen (secondary N) is 1. The zero-order valence-corrected chi connectivity index (χ0v) is 8.93. The van der Waals surface area contributed by atoms with Crippen LogP contribution in [0.4, 0.5) is 4.79 Å². The molecule has 0 unspecified atom stereocenters. The number of rotatable bonds is 2. The van der Waals surface area contributed by atoms with Crippen LogP contribution in [0.3, 0.4) is 0 Å². The van der Waals surface area contributed by atoms with E-state index in [-0.39, 0.29) is 6.03 Å². The summed E-state index contributed by atoms with van der Waals surface area (Å²) in [4.78, 5) is 17.5. The van der Waals surface area contributed by atoms with Crippen molar-refractivity contribution in [3.05, 3.63) is 16.1 Å². The minimum Gasteiger partial charge on any atom is -0.338 e. The van der Waals surface area contributed by atoms with Crippen LogP contribution in [0.25, 0.3) is 0 Å². The van der Waals surface area contributed by atoms with Gasteiger partial charge in [0.15, 0.2) is 0 Å². The first kappa shape index (κ1) is 9.45. The number of thiazole rings is 1. The highest BCUT2D eigenvalue weighted by Crippen LogP contribution is 2.12. The molecule has 1 aromatic rings. The Labute approximate surface area is 86.9 Å². The van der Waals surface area contributed by atoms with Gasteiger partial charge in [0.05, 0.1) is 6.54 Å². The summed E-state index contributed by atoms with van der Waals surface area (Å²) in [6.07, 6.45) is 1.02. The molecule has 0 radical (unpaired) electrons. The molecule has 0 aromatic carbocycles. The average molecular weight is 211 g/mol. The smallest absolute Gasteiger partial charge is 0.317 e. The van der Waals surface area contributed by atoms with E-state index in [0.29, 0.717) is 6.54 Å². The molecule has 76 valence electrons. The molecule has 0 aliphatic carbocycles. The summed E-state index contributed by atoms with van der Waals surface area (Å²) >= 11 is 1.61. The van der Waals surface area contributed by atoms with Crippen LogP contribution in [0.5, 0.6) is 0 Å². The molecule has 14 heavy (non-hydrogen) atoms. The van der Waals surface area contributed by atoms with Gasteiger partial charge in [-0.3, -0.25) is 0 Å². The summed E-state index contributed by atoms with van der Waals surface area (Å²) in [5.74, 6) is 0. The highest BCUT2D eigenvalue weighted by Gasteiger charge is 2.18. The topological polar surface area (TPSA) is 45.2 Å². The predicted octanol–water partition coefficient (Wildman–Crippen LogP) is 1.37. The van der Waals surface area contributed by atoms with Crippen LogP contribution in [0.1, 0.15) is 17.1 Å². The van der Waals surface area contributed by atoms with Gasteiger partial charge in [0.1, 0.15) is 5.01 Å². The summed E-state index contributed by atoms with van der Waals surface area (Å²) in [6, 6.07) is 0.0316. The number of urea groups is 1. The van der Waals surface area contributed by atoms with E-state index >= 15 is 0 Å². The number of carbonyl (C=O) groups excluding carboxylic acids is 1. The molecule has 2 heterocycles. The van der Waals surface area contributed by atoms with Gasteiger partial charge in [0.2, 0.25) is 0 Å². The molecule has 0 bridgehead atoms. The number of amides is 2. The zero-order chi connectivity index (χ0) is 9.97. The zero-order valence-electron chi connectivity index (χ0n) is 8.12. The normalized spacial score (nSPS) is 16.9. The van der Waals surface area contributed by atoms with Gasteiger partial charge in [-0.25, -0.2) is 9.78 Å². The van der Waals surface area contributed by atoms with E-state index in [0.717, 1.165) is 30.2 Å². The molecule has 4 nitrogen and oxygen atoms in total. The maximum absolute atomic E-state index is 11.4. The molecular weight excluding hydrogens is 198 g/mol. The Hall–Kier alpha value is -1.10. The van der Waals surface area contributed by atoms with E-state index in [9.17, 15) is 4.79 Å². The number of carbonyl (C=O) groups is 1. The van der Waals surface area contributed by atoms with Crippen molar-refractivity contribution >= 4 is 17.4 Å². The first-order chi connectivity index (χ1) is 6.75. The lowest BCUT2D eigenvalue weighted by Crippen LogP contribution is -2.45. The van der Waals surface area contributed by atoms with Gasteiger partial charge in [-0.15, -0.1) is 11.3 Å². The number of nitrogens with zero attached hydrogens (tertiary/aromatic N) is 2. The Bertz CT molecular complexity index is 337. The van der Waals surface area contributed by atoms with E-state index < -0.39 is 0 Å². The molecule has 5 heteroatoms. The van der Waals surface area contributed by atoms with Gasteiger partial charge in [0.25, 0.3) is 0 Å². The third-order valence-corrected chi connectivity index (χ3v) is 3.11. The Balaban J connectivity index is 1.99. The lowest BCUT2D eigenvalue weighted by Gasteiger charge is -2.26. The molecule has 0 saturated carbocycles. The van der Waals surface area contributed by atoms with E-state index in [2.05, 4.69) is 10.3 Å². The van der Waals surface area contributed by atoms with Crippen molar-refractivity contribution < 1.29 is 4.79 Å². The average Bonchev–Trinajstić information content (AvgIpc) is 2.56. The van der Waals surface area contributed by atoms with Crippen molar-refractivity contribution in [2.45, 2.75) is 19.9 Å². The first-order valence-corrected chi connectivity index (χ1v) is 5.57. The maximum atomic E-state index is 11.4. The quantitative estimate of drug-likeness (QED) is 0.803. The highest BCUT2D eigenvalue weighted by atomic mass is 32.1. The summed E-state index contributed by atoms with van der Waals surface area (Å²) in [7, 11) is 0. The second kappa shape index (κ2) is 3.96. The molecule has 0 atom stereocenters. The molecular formula is C9H13N3OS. The lowest BCUT2D eigenvalue weighted by molar-refractivity contribution is 0.183. The Morgan fingerprint density at radius 1 is 1.71 bits per heavy atom. The molecule has 1 aliphatic rings. The van der Waals surface area contributed by atoms with Crippen molar-refractivity contribution in [1.82, 2.24) is 15.2 Å². The summed E-state index contributed by atoms with van der Waals surface area (Å²) in [5, 5.41) is 5.85. The Morgan fingerprint density at radius 3 is 3.21 bits per heavy atom. The fourth-order valence-electron chi connectivity index (χ4n) is 1.47. The first-order valence-electron chi connectivity index (χ1n) is 4.69. The maximum Gasteiger partial charge on any atom is 0.317 e. The fraction of sp³-hybridized carbons (Fsp3) is 0.556. The van der Waals surface area contributed by atoms with Crippen LogP contribution in [-0.4, -0.2) is 29.0 Å². The molecule has 1 aromatic heterocycles. The van der Waals surface area contributed by atoms with E-state index in [1.54, 1.807) is 11.3 Å². The van der Waals surface area contributed by atoms with E-state index in [1.165, 1.54) is 0 Å². The second-order valence-electron chi connectivity index (χ2n) is 3.39. The second-order valence-corrected chi connectivity index (χ2v) is 4.33. The monoisotopic (exact) mass is 211 g/mol. The summed E-state index contributed by atoms with van der Waals surface area (Å²) < 4.78 is 0. The summed E-state index contributed by atoms with van der Waals surface area (Å²) in [6.45, 7) is 4.25. The predicted molar refractivity (Wildman–Crippen MR) is 55.3 cm³/mol. The van der Waals surface area contributed by atoms with Crippen LogP contribution in [0.2, 0.25) is 0 Å². The molecule has 2 rings (SSSR count). The van der Waals surface area contributed by atoms with Crippen molar-refractivity contribution in [2.24, 2.45) is 0 Å². The van der Waals surface area contributed by atoms with Crippen LogP contribution < -0.4 is 5.32 Å². The molecule has 1 aliphatic heterocycles. The van der Waals surface area contributed by atoms with Gasteiger partial charge in [-0.2, -0.15) is 0 Å². The van der Waals surface area contributed by atoms with E-state index in [4.69, 9.17) is 0 Å². The van der Waals surface area contributed by atoms with Crippen molar-refractivity contribution in [1.29, 1.82) is 0 Å². The van der Waals surface area contributed by atoms with Crippen molar-refractivity contribution in [3.8, 4) is 0 Å². The Morgan fingerprint density at radius 2 is 2.57 bits per heavy atom. The number of hydrogen-bond donors (Lipinski definition) is 1. The largest absolute Gasteiger partial charge is 0.338 e. The number of aryl methyl sites for hydroxylation is 1. The van der Waals surface area contributed by atoms with Crippen LogP contribution in [-0.2, 0) is 6.54 Å². The SMILES string of the molecule is Cc1csc(CN2CCCNC2=O)n1. The molecule has 1 N–H and O–H groups in total. The lowest BCUT2D eigenvalue weighted by atomic mass is 10.3. The molecule has 0 spiro atoms. The number of aromatic nitrogens is 1. The van der Waals surface area contributed by atoms with Gasteiger partial charge in [0, 0.05) is 24.2 Å². The van der Waals surface area contributed by atoms with Gasteiger partial charge in [-0.1, -0.05) is 0 Å². The summed E-state index contributed by atoms with van der Waals surface area (Å²) in [5.41, 5.74) is 1.03. The third kappa shape index (κ3) is 2.04. The van der Waals surface area contributed by atoms with E-state index in [1.807, 2.05) is 17.2 Å². The number of hydrogen-bond acceptors (Lipinski definition) is 3.